The van der Waals surface area contributed by atoms with Crippen LogP contribution in [0, 0.1) is 6.92 Å². The molecule has 41 heavy (non-hydrogen) atoms. The second-order valence-electron chi connectivity index (χ2n) is 9.52. The van der Waals surface area contributed by atoms with Gasteiger partial charge in [0.05, 0.1) is 19.3 Å². The maximum absolute atomic E-state index is 12.6. The lowest BCUT2D eigenvalue weighted by atomic mass is 9.95. The van der Waals surface area contributed by atoms with Crippen LogP contribution in [-0.4, -0.2) is 54.7 Å². The Bertz CT molecular complexity index is 1660. The summed E-state index contributed by atoms with van der Waals surface area (Å²) in [6.07, 6.45) is 0.477. The van der Waals surface area contributed by atoms with Crippen LogP contribution in [0.3, 0.4) is 0 Å². The molecular weight excluding hydrogens is 546 g/mol. The number of halogens is 1. The Hall–Kier alpha value is -4.47. The van der Waals surface area contributed by atoms with Gasteiger partial charge in [-0.25, -0.2) is 9.59 Å². The molecule has 0 atom stereocenters. The topological polar surface area (TPSA) is 120 Å². The van der Waals surface area contributed by atoms with E-state index in [0.29, 0.717) is 41.7 Å². The van der Waals surface area contributed by atoms with Gasteiger partial charge < -0.3 is 24.6 Å². The summed E-state index contributed by atoms with van der Waals surface area (Å²) in [7, 11) is 2.94. The van der Waals surface area contributed by atoms with E-state index in [4.69, 9.17) is 25.8 Å². The van der Waals surface area contributed by atoms with Gasteiger partial charge in [0.2, 0.25) is 0 Å². The second-order valence-corrected chi connectivity index (χ2v) is 9.95. The quantitative estimate of drug-likeness (QED) is 0.158. The van der Waals surface area contributed by atoms with Crippen molar-refractivity contribution in [2.45, 2.75) is 19.9 Å². The average Bonchev–Trinajstić information content (AvgIpc) is 3.35. The van der Waals surface area contributed by atoms with Gasteiger partial charge in [0.1, 0.15) is 18.1 Å². The average molecular weight is 574 g/mol. The molecule has 0 aliphatic heterocycles. The molecule has 210 valence electrons. The summed E-state index contributed by atoms with van der Waals surface area (Å²) in [4.78, 5) is 24.4. The number of carboxylic acid groups (broad SMARTS) is 1. The third-order valence-electron chi connectivity index (χ3n) is 7.08. The van der Waals surface area contributed by atoms with Gasteiger partial charge in [-0.1, -0.05) is 35.9 Å². The van der Waals surface area contributed by atoms with E-state index in [1.165, 1.54) is 13.2 Å². The zero-order valence-corrected chi connectivity index (χ0v) is 23.5. The number of hydrogen-bond acceptors (Lipinski definition) is 8. The minimum absolute atomic E-state index is 0.142. The number of benzene rings is 3. The highest BCUT2D eigenvalue weighted by molar-refractivity contribution is 6.31. The fraction of sp³-hybridized carbons (Fsp3) is 0.226. The van der Waals surface area contributed by atoms with Crippen molar-refractivity contribution in [3.05, 3.63) is 93.1 Å². The number of aromatic nitrogens is 2. The van der Waals surface area contributed by atoms with Gasteiger partial charge in [-0.15, -0.1) is 10.2 Å². The fourth-order valence-electron chi connectivity index (χ4n) is 5.04. The fourth-order valence-corrected chi connectivity index (χ4v) is 5.21. The van der Waals surface area contributed by atoms with Gasteiger partial charge >= 0.3 is 11.9 Å². The molecule has 0 bridgehead atoms. The third-order valence-corrected chi connectivity index (χ3v) is 7.32. The predicted molar refractivity (Wildman–Crippen MR) is 155 cm³/mol. The molecule has 0 radical (unpaired) electrons. The molecule has 1 aliphatic carbocycles. The molecule has 5 rings (SSSR count). The number of fused-ring (bicyclic) bond motifs is 3. The highest BCUT2D eigenvalue weighted by Crippen LogP contribution is 2.45. The molecule has 2 N–H and O–H groups in total. The Kier molecular flexibility index (Phi) is 8.19. The monoisotopic (exact) mass is 573 g/mol. The molecule has 10 heteroatoms. The number of ether oxygens (including phenoxy) is 3. The van der Waals surface area contributed by atoms with E-state index in [1.54, 1.807) is 19.2 Å². The first-order chi connectivity index (χ1) is 19.8. The number of carbonyl (C=O) groups excluding carboxylic acids is 1. The van der Waals surface area contributed by atoms with Crippen molar-refractivity contribution in [3.63, 3.8) is 0 Å². The molecule has 0 amide bonds. The minimum atomic E-state index is -1.04. The molecule has 0 fully saturated rings. The lowest BCUT2D eigenvalue weighted by Crippen LogP contribution is -2.11. The van der Waals surface area contributed by atoms with Crippen molar-refractivity contribution >= 4 is 29.2 Å². The van der Waals surface area contributed by atoms with Crippen LogP contribution in [0.5, 0.6) is 5.75 Å². The zero-order valence-electron chi connectivity index (χ0n) is 22.8. The molecule has 4 aromatic rings. The molecular formula is C31H28ClN3O6. The number of esters is 1. The Labute approximate surface area is 242 Å². The normalized spacial score (nSPS) is 11.5. The van der Waals surface area contributed by atoms with Crippen molar-refractivity contribution < 1.29 is 28.9 Å². The number of carboxylic acids is 1. The number of methoxy groups -OCH3 is 2. The van der Waals surface area contributed by atoms with Gasteiger partial charge in [-0.2, -0.15) is 0 Å². The summed E-state index contributed by atoms with van der Waals surface area (Å²) >= 11 is 6.01. The molecule has 0 saturated carbocycles. The largest absolute Gasteiger partial charge is 0.491 e. The molecule has 0 spiro atoms. The van der Waals surface area contributed by atoms with E-state index in [-0.39, 0.29) is 17.8 Å². The first-order valence-electron chi connectivity index (χ1n) is 12.9. The Morgan fingerprint density at radius 2 is 1.85 bits per heavy atom. The zero-order chi connectivity index (χ0) is 29.1. The maximum atomic E-state index is 12.6. The number of hydrogen-bond donors (Lipinski definition) is 2. The number of nitrogens with one attached hydrogen (secondary N) is 1. The predicted octanol–water partition coefficient (Wildman–Crippen LogP) is 5.80. The van der Waals surface area contributed by atoms with Crippen LogP contribution in [0.1, 0.15) is 43.1 Å². The summed E-state index contributed by atoms with van der Waals surface area (Å²) < 4.78 is 15.9. The molecule has 3 aromatic carbocycles. The standard InChI is InChI=1S/C31H28ClN3O6/c1-17-22(5-4-6-26(17)33-16-18-7-8-20(32)15-24(18)30(36)37)28-27-23-10-9-21(41-12-11-39-2)13-19(23)14-25(27)29(35-34-28)31(38)40-3/h4-10,13,15,33H,11-12,14,16H2,1-3H3,(H,36,37). The SMILES string of the molecule is COCCOc1ccc2c(c1)Cc1c(C(=O)OC)nnc(-c3cccc(NCc4ccc(Cl)cc4C(=O)O)c3C)c1-2. The number of anilines is 1. The Morgan fingerprint density at radius 3 is 2.61 bits per heavy atom. The van der Waals surface area contributed by atoms with E-state index in [1.807, 2.05) is 43.3 Å². The van der Waals surface area contributed by atoms with E-state index in [9.17, 15) is 14.7 Å². The summed E-state index contributed by atoms with van der Waals surface area (Å²) in [5, 5.41) is 22.1. The lowest BCUT2D eigenvalue weighted by Gasteiger charge is -2.17. The van der Waals surface area contributed by atoms with Crippen molar-refractivity contribution in [2.75, 3.05) is 32.8 Å². The van der Waals surface area contributed by atoms with E-state index < -0.39 is 11.9 Å². The van der Waals surface area contributed by atoms with Crippen molar-refractivity contribution in [2.24, 2.45) is 0 Å². The second kappa shape index (κ2) is 12.0. The van der Waals surface area contributed by atoms with E-state index >= 15 is 0 Å². The van der Waals surface area contributed by atoms with Gasteiger partial charge in [-0.3, -0.25) is 0 Å². The first kappa shape index (κ1) is 28.1. The summed E-state index contributed by atoms with van der Waals surface area (Å²) in [6, 6.07) is 16.4. The third kappa shape index (κ3) is 5.59. The summed E-state index contributed by atoms with van der Waals surface area (Å²) in [5.74, 6) is -0.882. The molecule has 1 aliphatic rings. The van der Waals surface area contributed by atoms with Gasteiger partial charge in [0.15, 0.2) is 5.69 Å². The highest BCUT2D eigenvalue weighted by Gasteiger charge is 2.31. The van der Waals surface area contributed by atoms with Gasteiger partial charge in [0, 0.05) is 47.5 Å². The number of rotatable bonds is 10. The smallest absolute Gasteiger partial charge is 0.358 e. The summed E-state index contributed by atoms with van der Waals surface area (Å²) in [6.45, 7) is 3.14. The van der Waals surface area contributed by atoms with Crippen LogP contribution in [0.2, 0.25) is 5.02 Å². The number of nitrogens with zero attached hydrogens (tertiary/aromatic N) is 2. The lowest BCUT2D eigenvalue weighted by molar-refractivity contribution is 0.0590. The number of carbonyl (C=O) groups is 2. The van der Waals surface area contributed by atoms with Crippen molar-refractivity contribution in [1.82, 2.24) is 10.2 Å². The van der Waals surface area contributed by atoms with Crippen LogP contribution in [0.15, 0.2) is 54.6 Å². The van der Waals surface area contributed by atoms with Crippen LogP contribution in [0.25, 0.3) is 22.4 Å². The van der Waals surface area contributed by atoms with Crippen molar-refractivity contribution in [3.8, 4) is 28.1 Å². The molecule has 0 unspecified atom stereocenters. The molecule has 1 heterocycles. The summed E-state index contributed by atoms with van der Waals surface area (Å²) in [5.41, 5.74) is 7.61. The molecule has 9 nitrogen and oxygen atoms in total. The Morgan fingerprint density at radius 1 is 1.02 bits per heavy atom. The van der Waals surface area contributed by atoms with Crippen LogP contribution in [0.4, 0.5) is 5.69 Å². The van der Waals surface area contributed by atoms with Crippen molar-refractivity contribution in [1.29, 1.82) is 0 Å². The van der Waals surface area contributed by atoms with Crippen LogP contribution in [-0.2, 0) is 22.4 Å². The maximum Gasteiger partial charge on any atom is 0.358 e. The molecule has 1 aromatic heterocycles. The van der Waals surface area contributed by atoms with Crippen LogP contribution >= 0.6 is 11.6 Å². The van der Waals surface area contributed by atoms with Gasteiger partial charge in [-0.05, 0) is 59.5 Å². The van der Waals surface area contributed by atoms with Gasteiger partial charge in [0.25, 0.3) is 0 Å². The number of aromatic carboxylic acids is 1. The molecule has 0 saturated heterocycles. The Balaban J connectivity index is 1.54. The van der Waals surface area contributed by atoms with E-state index in [0.717, 1.165) is 39.1 Å². The first-order valence-corrected chi connectivity index (χ1v) is 13.3. The minimum Gasteiger partial charge on any atom is -0.491 e. The highest BCUT2D eigenvalue weighted by atomic mass is 35.5. The van der Waals surface area contributed by atoms with E-state index in [2.05, 4.69) is 15.5 Å². The van der Waals surface area contributed by atoms with Crippen LogP contribution < -0.4 is 10.1 Å².